The van der Waals surface area contributed by atoms with E-state index >= 15 is 0 Å². The van der Waals surface area contributed by atoms with Crippen molar-refractivity contribution in [3.05, 3.63) is 41.0 Å². The van der Waals surface area contributed by atoms with Crippen LogP contribution in [0, 0.1) is 5.92 Å². The standard InChI is InChI=1S/C18H22O/c1-12-7-8-17(2,3)16-6-5-13(9-15(12)16)18(4)10-14(18)11-19/h5-7,9,11,14H,8,10H2,1-4H3. The Hall–Kier alpha value is -1.37. The first-order valence-electron chi connectivity index (χ1n) is 7.16. The molecular weight excluding hydrogens is 232 g/mol. The van der Waals surface area contributed by atoms with Crippen LogP contribution in [0.4, 0.5) is 0 Å². The molecule has 0 bridgehead atoms. The summed E-state index contributed by atoms with van der Waals surface area (Å²) in [5, 5.41) is 0. The quantitative estimate of drug-likeness (QED) is 0.721. The lowest BCUT2D eigenvalue weighted by Gasteiger charge is -2.32. The predicted octanol–water partition coefficient (Wildman–Crippen LogP) is 4.25. The Morgan fingerprint density at radius 3 is 2.63 bits per heavy atom. The van der Waals surface area contributed by atoms with E-state index in [0.717, 1.165) is 19.1 Å². The summed E-state index contributed by atoms with van der Waals surface area (Å²) in [7, 11) is 0. The van der Waals surface area contributed by atoms with Crippen LogP contribution >= 0.6 is 0 Å². The van der Waals surface area contributed by atoms with Crippen molar-refractivity contribution in [2.45, 2.75) is 51.4 Å². The van der Waals surface area contributed by atoms with Crippen LogP contribution in [0.1, 0.15) is 57.2 Å². The van der Waals surface area contributed by atoms with Crippen molar-refractivity contribution in [1.29, 1.82) is 0 Å². The number of carbonyl (C=O) groups is 1. The van der Waals surface area contributed by atoms with Crippen molar-refractivity contribution >= 4 is 11.9 Å². The molecule has 0 saturated heterocycles. The molecule has 1 nitrogen and oxygen atoms in total. The van der Waals surface area contributed by atoms with E-state index in [-0.39, 0.29) is 16.7 Å². The molecule has 0 aliphatic heterocycles. The molecule has 1 saturated carbocycles. The molecule has 0 aromatic heterocycles. The van der Waals surface area contributed by atoms with Gasteiger partial charge < -0.3 is 4.79 Å². The number of hydrogen-bond donors (Lipinski definition) is 0. The highest BCUT2D eigenvalue weighted by atomic mass is 16.1. The minimum Gasteiger partial charge on any atom is -0.303 e. The third kappa shape index (κ3) is 1.79. The van der Waals surface area contributed by atoms with Gasteiger partial charge in [-0.25, -0.2) is 0 Å². The molecule has 2 atom stereocenters. The maximum atomic E-state index is 11.0. The van der Waals surface area contributed by atoms with Crippen LogP contribution < -0.4 is 0 Å². The molecule has 0 amide bonds. The van der Waals surface area contributed by atoms with E-state index in [1.165, 1.54) is 22.3 Å². The first-order valence-corrected chi connectivity index (χ1v) is 7.16. The zero-order chi connectivity index (χ0) is 13.8. The molecule has 0 N–H and O–H groups in total. The minimum atomic E-state index is 0.0820. The minimum absolute atomic E-state index is 0.0820. The lowest BCUT2D eigenvalue weighted by molar-refractivity contribution is -0.109. The van der Waals surface area contributed by atoms with E-state index in [1.54, 1.807) is 0 Å². The van der Waals surface area contributed by atoms with Gasteiger partial charge in [0.15, 0.2) is 0 Å². The van der Waals surface area contributed by atoms with Gasteiger partial charge in [0.25, 0.3) is 0 Å². The molecule has 100 valence electrons. The van der Waals surface area contributed by atoms with Crippen molar-refractivity contribution in [3.8, 4) is 0 Å². The van der Waals surface area contributed by atoms with Crippen molar-refractivity contribution in [1.82, 2.24) is 0 Å². The number of rotatable bonds is 2. The molecule has 1 heteroatoms. The van der Waals surface area contributed by atoms with Gasteiger partial charge in [-0.05, 0) is 47.4 Å². The molecule has 1 aromatic carbocycles. The van der Waals surface area contributed by atoms with Gasteiger partial charge in [-0.2, -0.15) is 0 Å². The van der Waals surface area contributed by atoms with Crippen LogP contribution in [0.3, 0.4) is 0 Å². The number of aldehydes is 1. The normalized spacial score (nSPS) is 31.4. The largest absolute Gasteiger partial charge is 0.303 e. The zero-order valence-electron chi connectivity index (χ0n) is 12.3. The van der Waals surface area contributed by atoms with Crippen LogP contribution in [-0.2, 0) is 15.6 Å². The molecule has 3 rings (SSSR count). The van der Waals surface area contributed by atoms with Gasteiger partial charge in [0.05, 0.1) is 0 Å². The highest BCUT2D eigenvalue weighted by Crippen LogP contribution is 2.53. The van der Waals surface area contributed by atoms with Crippen LogP contribution in [-0.4, -0.2) is 6.29 Å². The Labute approximate surface area is 115 Å². The van der Waals surface area contributed by atoms with E-state index in [1.807, 2.05) is 0 Å². The summed E-state index contributed by atoms with van der Waals surface area (Å²) in [6.07, 6.45) is 5.57. The lowest BCUT2D eigenvalue weighted by atomic mass is 9.72. The summed E-state index contributed by atoms with van der Waals surface area (Å²) in [5.74, 6) is 0.214. The Balaban J connectivity index is 2.08. The number of hydrogen-bond acceptors (Lipinski definition) is 1. The smallest absolute Gasteiger partial charge is 0.123 e. The summed E-state index contributed by atoms with van der Waals surface area (Å²) >= 11 is 0. The van der Waals surface area contributed by atoms with Crippen molar-refractivity contribution < 1.29 is 4.79 Å². The van der Waals surface area contributed by atoms with Crippen LogP contribution in [0.5, 0.6) is 0 Å². The van der Waals surface area contributed by atoms with Gasteiger partial charge in [0.1, 0.15) is 6.29 Å². The van der Waals surface area contributed by atoms with Crippen molar-refractivity contribution in [2.24, 2.45) is 5.92 Å². The Morgan fingerprint density at radius 1 is 1.26 bits per heavy atom. The van der Waals surface area contributed by atoms with Gasteiger partial charge in [-0.3, -0.25) is 0 Å². The average Bonchev–Trinajstić information content (AvgIpc) is 3.07. The molecule has 1 aromatic rings. The van der Waals surface area contributed by atoms with Crippen LogP contribution in [0.2, 0.25) is 0 Å². The average molecular weight is 254 g/mol. The number of allylic oxidation sites excluding steroid dienone is 2. The maximum absolute atomic E-state index is 11.0. The second-order valence-electron chi connectivity index (χ2n) is 7.10. The van der Waals surface area contributed by atoms with Gasteiger partial charge in [0, 0.05) is 11.3 Å². The first-order chi connectivity index (χ1) is 8.88. The van der Waals surface area contributed by atoms with Crippen molar-refractivity contribution in [3.63, 3.8) is 0 Å². The highest BCUT2D eigenvalue weighted by Gasteiger charge is 2.51. The van der Waals surface area contributed by atoms with Gasteiger partial charge in [-0.1, -0.05) is 45.0 Å². The topological polar surface area (TPSA) is 17.1 Å². The second-order valence-corrected chi connectivity index (χ2v) is 7.10. The summed E-state index contributed by atoms with van der Waals surface area (Å²) in [6, 6.07) is 6.85. The fourth-order valence-electron chi connectivity index (χ4n) is 3.37. The number of fused-ring (bicyclic) bond motifs is 1. The fraction of sp³-hybridized carbons (Fsp3) is 0.500. The van der Waals surface area contributed by atoms with Gasteiger partial charge in [-0.15, -0.1) is 0 Å². The summed E-state index contributed by atoms with van der Waals surface area (Å²) in [6.45, 7) is 9.02. The summed E-state index contributed by atoms with van der Waals surface area (Å²) in [4.78, 5) is 11.0. The molecule has 2 unspecified atom stereocenters. The lowest BCUT2D eigenvalue weighted by Crippen LogP contribution is -2.22. The molecule has 1 fully saturated rings. The Bertz CT molecular complexity index is 579. The van der Waals surface area contributed by atoms with Crippen LogP contribution in [0.15, 0.2) is 24.3 Å². The van der Waals surface area contributed by atoms with E-state index in [0.29, 0.717) is 0 Å². The third-order valence-corrected chi connectivity index (χ3v) is 5.22. The van der Waals surface area contributed by atoms with Crippen molar-refractivity contribution in [2.75, 3.05) is 0 Å². The zero-order valence-corrected chi connectivity index (χ0v) is 12.3. The predicted molar refractivity (Wildman–Crippen MR) is 79.3 cm³/mol. The van der Waals surface area contributed by atoms with Gasteiger partial charge >= 0.3 is 0 Å². The maximum Gasteiger partial charge on any atom is 0.123 e. The Morgan fingerprint density at radius 2 is 2.00 bits per heavy atom. The summed E-state index contributed by atoms with van der Waals surface area (Å²) in [5.41, 5.74) is 5.84. The molecule has 0 heterocycles. The highest BCUT2D eigenvalue weighted by molar-refractivity contribution is 5.72. The fourth-order valence-corrected chi connectivity index (χ4v) is 3.37. The van der Waals surface area contributed by atoms with E-state index in [4.69, 9.17) is 0 Å². The SMILES string of the molecule is CC1=CCC(C)(C)c2ccc(C3(C)CC3C=O)cc21. The first kappa shape index (κ1) is 12.7. The molecular formula is C18H22O. The summed E-state index contributed by atoms with van der Waals surface area (Å²) < 4.78 is 0. The molecule has 2 aliphatic carbocycles. The molecule has 0 spiro atoms. The second kappa shape index (κ2) is 3.82. The van der Waals surface area contributed by atoms with Crippen LogP contribution in [0.25, 0.3) is 5.57 Å². The monoisotopic (exact) mass is 254 g/mol. The third-order valence-electron chi connectivity index (χ3n) is 5.22. The van der Waals surface area contributed by atoms with Gasteiger partial charge in [0.2, 0.25) is 0 Å². The number of carbonyl (C=O) groups excluding carboxylic acids is 1. The van der Waals surface area contributed by atoms with E-state index in [9.17, 15) is 4.79 Å². The van der Waals surface area contributed by atoms with E-state index < -0.39 is 0 Å². The Kier molecular flexibility index (Phi) is 2.54. The number of benzene rings is 1. The van der Waals surface area contributed by atoms with E-state index in [2.05, 4.69) is 52.0 Å². The molecule has 0 radical (unpaired) electrons. The molecule has 19 heavy (non-hydrogen) atoms. The molecule has 2 aliphatic rings.